The van der Waals surface area contributed by atoms with E-state index in [0.717, 1.165) is 42.8 Å². The van der Waals surface area contributed by atoms with Crippen molar-refractivity contribution in [3.63, 3.8) is 0 Å². The first-order chi connectivity index (χ1) is 15.0. The van der Waals surface area contributed by atoms with Gasteiger partial charge in [-0.3, -0.25) is 19.8 Å². The van der Waals surface area contributed by atoms with Crippen LogP contribution in [0.5, 0.6) is 0 Å². The van der Waals surface area contributed by atoms with E-state index in [0.29, 0.717) is 12.0 Å². The largest absolute Gasteiger partial charge is 0.272 e. The fourth-order valence-electron chi connectivity index (χ4n) is 5.52. The van der Waals surface area contributed by atoms with E-state index >= 15 is 0 Å². The predicted molar refractivity (Wildman–Crippen MR) is 116 cm³/mol. The Hall–Kier alpha value is -3.60. The number of carbonyl (C=O) groups is 1. The zero-order valence-corrected chi connectivity index (χ0v) is 17.4. The molecule has 1 unspecified atom stereocenters. The molecule has 1 aliphatic heterocycles. The Morgan fingerprint density at radius 2 is 2.19 bits per heavy atom. The van der Waals surface area contributed by atoms with Crippen LogP contribution in [0, 0.1) is 29.1 Å². The highest BCUT2D eigenvalue weighted by molar-refractivity contribution is 5.88. The molecule has 0 radical (unpaired) electrons. The molecule has 1 aromatic carbocycles. The molecule has 3 saturated carbocycles. The van der Waals surface area contributed by atoms with Gasteiger partial charge in [0.25, 0.3) is 0 Å². The highest BCUT2D eigenvalue weighted by Gasteiger charge is 2.72. The molecule has 2 aromatic rings. The second-order valence-corrected chi connectivity index (χ2v) is 8.95. The van der Waals surface area contributed by atoms with E-state index in [1.54, 1.807) is 35.9 Å². The van der Waals surface area contributed by atoms with Crippen molar-refractivity contribution in [3.05, 3.63) is 53.6 Å². The van der Waals surface area contributed by atoms with E-state index in [4.69, 9.17) is 5.26 Å². The van der Waals surface area contributed by atoms with Gasteiger partial charge >= 0.3 is 0 Å². The lowest BCUT2D eigenvalue weighted by Gasteiger charge is -2.70. The summed E-state index contributed by atoms with van der Waals surface area (Å²) in [6.07, 6.45) is 9.93. The van der Waals surface area contributed by atoms with Crippen molar-refractivity contribution < 1.29 is 4.79 Å². The Balaban J connectivity index is 1.27. The number of hydrazone groups is 2. The Bertz CT molecular complexity index is 1100. The number of anilines is 1. The summed E-state index contributed by atoms with van der Waals surface area (Å²) in [5, 5.41) is 21.2. The summed E-state index contributed by atoms with van der Waals surface area (Å²) in [5.41, 5.74) is 3.09. The van der Waals surface area contributed by atoms with Crippen LogP contribution in [0.4, 0.5) is 5.69 Å². The highest BCUT2D eigenvalue weighted by Crippen LogP contribution is 2.74. The lowest BCUT2D eigenvalue weighted by Crippen LogP contribution is -2.70. The zero-order valence-electron chi connectivity index (χ0n) is 17.4. The van der Waals surface area contributed by atoms with Crippen LogP contribution in [0.1, 0.15) is 48.5 Å². The number of carbonyl (C=O) groups excluding carboxylic acids is 1. The normalized spacial score (nSPS) is 27.7. The van der Waals surface area contributed by atoms with Crippen LogP contribution in [0.15, 0.2) is 47.0 Å². The average Bonchev–Trinajstić information content (AvgIpc) is 3.23. The molecule has 0 saturated heterocycles. The molecule has 6 rings (SSSR count). The molecule has 1 atom stereocenters. The molecular formula is C23H23N7O. The lowest BCUT2D eigenvalue weighted by molar-refractivity contribution is -0.214. The van der Waals surface area contributed by atoms with Crippen molar-refractivity contribution in [2.75, 3.05) is 11.6 Å². The lowest BCUT2D eigenvalue weighted by atomic mass is 9.34. The minimum Gasteiger partial charge on any atom is -0.272 e. The third-order valence-corrected chi connectivity index (χ3v) is 6.82. The number of aromatic nitrogens is 2. The molecule has 156 valence electrons. The molecule has 2 heterocycles. The van der Waals surface area contributed by atoms with Crippen LogP contribution >= 0.6 is 0 Å². The first-order valence-corrected chi connectivity index (χ1v) is 10.4. The molecule has 8 heteroatoms. The second-order valence-electron chi connectivity index (χ2n) is 8.95. The van der Waals surface area contributed by atoms with Gasteiger partial charge in [-0.25, -0.2) is 5.01 Å². The Kier molecular flexibility index (Phi) is 4.36. The molecule has 1 aromatic heterocycles. The Morgan fingerprint density at radius 1 is 1.39 bits per heavy atom. The van der Waals surface area contributed by atoms with Gasteiger partial charge in [-0.1, -0.05) is 0 Å². The van der Waals surface area contributed by atoms with Crippen LogP contribution in [0.2, 0.25) is 0 Å². The molecule has 8 nitrogen and oxygen atoms in total. The predicted octanol–water partition coefficient (Wildman–Crippen LogP) is 3.21. The number of hydrogen-bond acceptors (Lipinski definition) is 7. The van der Waals surface area contributed by atoms with Crippen LogP contribution in [0.3, 0.4) is 0 Å². The zero-order chi connectivity index (χ0) is 21.6. The van der Waals surface area contributed by atoms with Gasteiger partial charge in [0.05, 0.1) is 34.6 Å². The highest BCUT2D eigenvalue weighted by atomic mass is 16.2. The quantitative estimate of drug-likeness (QED) is 0.535. The molecule has 4 aliphatic rings. The number of aryl methyl sites for hydroxylation is 1. The molecule has 1 amide bonds. The minimum atomic E-state index is -0.325. The maximum absolute atomic E-state index is 13.3. The van der Waals surface area contributed by atoms with Gasteiger partial charge in [-0.15, -0.1) is 0 Å². The number of amides is 1. The molecule has 3 fully saturated rings. The van der Waals surface area contributed by atoms with Crippen molar-refractivity contribution >= 4 is 24.5 Å². The van der Waals surface area contributed by atoms with Gasteiger partial charge in [0.2, 0.25) is 5.91 Å². The van der Waals surface area contributed by atoms with Crippen LogP contribution in [-0.4, -0.2) is 40.4 Å². The summed E-state index contributed by atoms with van der Waals surface area (Å²) in [6.45, 7) is 6.43. The first-order valence-electron chi connectivity index (χ1n) is 10.4. The smallest absolute Gasteiger partial charge is 0.249 e. The van der Waals surface area contributed by atoms with E-state index in [9.17, 15) is 4.79 Å². The van der Waals surface area contributed by atoms with Gasteiger partial charge < -0.3 is 0 Å². The fourth-order valence-corrected chi connectivity index (χ4v) is 5.52. The van der Waals surface area contributed by atoms with Crippen molar-refractivity contribution in [1.82, 2.24) is 15.0 Å². The molecule has 3 aliphatic carbocycles. The average molecular weight is 413 g/mol. The molecular weight excluding hydrogens is 390 g/mol. The third-order valence-electron chi connectivity index (χ3n) is 6.82. The van der Waals surface area contributed by atoms with E-state index < -0.39 is 0 Å². The number of benzene rings is 1. The van der Waals surface area contributed by atoms with Gasteiger partial charge in [0.1, 0.15) is 6.04 Å². The summed E-state index contributed by atoms with van der Waals surface area (Å²) >= 11 is 0. The minimum absolute atomic E-state index is 0.0721. The first kappa shape index (κ1) is 19.4. The molecule has 0 N–H and O–H groups in total. The maximum Gasteiger partial charge on any atom is 0.249 e. The number of nitriles is 1. The van der Waals surface area contributed by atoms with Crippen molar-refractivity contribution in [1.29, 1.82) is 5.26 Å². The van der Waals surface area contributed by atoms with E-state index in [2.05, 4.69) is 33.0 Å². The summed E-state index contributed by atoms with van der Waals surface area (Å²) in [4.78, 5) is 21.8. The third kappa shape index (κ3) is 3.00. The molecule has 2 bridgehead atoms. The van der Waals surface area contributed by atoms with Crippen molar-refractivity contribution in [3.8, 4) is 6.07 Å². The van der Waals surface area contributed by atoms with Crippen molar-refractivity contribution in [2.45, 2.75) is 38.6 Å². The van der Waals surface area contributed by atoms with E-state index in [-0.39, 0.29) is 22.8 Å². The standard InChI is InChI=1S/C23H23N7O/c1-16-9-17(10-24)3-4-19(16)29(25-2)15-22-12-23(13-22,14-22)21(31)30-20(5-6-28-30)18-11-26-7-8-27-18/h3-4,6-9,11,20H,2,5,12-15H2,1H3. The van der Waals surface area contributed by atoms with Crippen LogP contribution < -0.4 is 5.01 Å². The summed E-state index contributed by atoms with van der Waals surface area (Å²) < 4.78 is 0. The Labute approximate surface area is 180 Å². The fraction of sp³-hybridized carbons (Fsp3) is 0.391. The maximum atomic E-state index is 13.3. The monoisotopic (exact) mass is 413 g/mol. The van der Waals surface area contributed by atoms with Crippen LogP contribution in [0.25, 0.3) is 0 Å². The van der Waals surface area contributed by atoms with Gasteiger partial charge in [-0.2, -0.15) is 15.5 Å². The molecule has 0 spiro atoms. The molecule has 31 heavy (non-hydrogen) atoms. The number of rotatable bonds is 6. The van der Waals surface area contributed by atoms with Crippen molar-refractivity contribution in [2.24, 2.45) is 21.0 Å². The topological polar surface area (TPSA) is 97.8 Å². The van der Waals surface area contributed by atoms with Gasteiger partial charge in [0.15, 0.2) is 0 Å². The SMILES string of the molecule is C=NN(CC12CC(C(=O)N3N=CCC3c3cnccn3)(C1)C2)c1ccc(C#N)cc1C. The van der Waals surface area contributed by atoms with Gasteiger partial charge in [0, 0.05) is 38.3 Å². The van der Waals surface area contributed by atoms with Gasteiger partial charge in [-0.05, 0) is 55.4 Å². The second kappa shape index (κ2) is 6.98. The summed E-state index contributed by atoms with van der Waals surface area (Å²) in [7, 11) is 0. The summed E-state index contributed by atoms with van der Waals surface area (Å²) in [6, 6.07) is 7.57. The Morgan fingerprint density at radius 3 is 2.84 bits per heavy atom. The van der Waals surface area contributed by atoms with Crippen LogP contribution in [-0.2, 0) is 4.79 Å². The summed E-state index contributed by atoms with van der Waals surface area (Å²) in [5.74, 6) is 0.0893. The number of hydrogen-bond donors (Lipinski definition) is 0. The number of nitrogens with zero attached hydrogens (tertiary/aromatic N) is 7. The van der Waals surface area contributed by atoms with E-state index in [1.165, 1.54) is 0 Å². The van der Waals surface area contributed by atoms with E-state index in [1.807, 2.05) is 24.1 Å².